The van der Waals surface area contributed by atoms with Crippen LogP contribution in [0.1, 0.15) is 17.3 Å². The first-order valence-electron chi connectivity index (χ1n) is 8.04. The van der Waals surface area contributed by atoms with Crippen molar-refractivity contribution in [2.45, 2.75) is 13.0 Å². The summed E-state index contributed by atoms with van der Waals surface area (Å²) in [5.41, 5.74) is 0.555. The second kappa shape index (κ2) is 7.25. The van der Waals surface area contributed by atoms with E-state index in [0.29, 0.717) is 36.8 Å². The number of rotatable bonds is 5. The van der Waals surface area contributed by atoms with Crippen molar-refractivity contribution in [3.05, 3.63) is 54.1 Å². The molecule has 2 aromatic rings. The van der Waals surface area contributed by atoms with Crippen molar-refractivity contribution in [3.63, 3.8) is 0 Å². The smallest absolute Gasteiger partial charge is 0.257 e. The zero-order chi connectivity index (χ0) is 16.9. The van der Waals surface area contributed by atoms with Crippen LogP contribution < -0.4 is 14.2 Å². The molecule has 126 valence electrons. The zero-order valence-corrected chi connectivity index (χ0v) is 13.9. The maximum atomic E-state index is 12.7. The Balaban J connectivity index is 1.67. The number of nitrogens with zero attached hydrogens (tertiary/aromatic N) is 1. The molecule has 0 saturated heterocycles. The molecule has 5 nitrogen and oxygen atoms in total. The molecule has 3 rings (SSSR count). The fraction of sp³-hybridized carbons (Fsp3) is 0.316. The minimum absolute atomic E-state index is 0.0958. The van der Waals surface area contributed by atoms with Crippen molar-refractivity contribution in [2.24, 2.45) is 0 Å². The molecular weight excluding hydrogens is 306 g/mol. The van der Waals surface area contributed by atoms with E-state index in [0.717, 1.165) is 5.75 Å². The summed E-state index contributed by atoms with van der Waals surface area (Å²) in [5.74, 6) is 1.96. The normalized spacial score (nSPS) is 15.7. The highest BCUT2D eigenvalue weighted by atomic mass is 16.6. The number of hydrogen-bond donors (Lipinski definition) is 0. The Kier molecular flexibility index (Phi) is 4.89. The number of carbonyl (C=O) groups is 1. The van der Waals surface area contributed by atoms with Gasteiger partial charge < -0.3 is 19.1 Å². The summed E-state index contributed by atoms with van der Waals surface area (Å²) in [4.78, 5) is 14.3. The zero-order valence-electron chi connectivity index (χ0n) is 13.9. The van der Waals surface area contributed by atoms with E-state index < -0.39 is 0 Å². The molecule has 1 unspecified atom stereocenters. The predicted molar refractivity (Wildman–Crippen MR) is 90.9 cm³/mol. The van der Waals surface area contributed by atoms with E-state index in [1.807, 2.05) is 43.3 Å². The van der Waals surface area contributed by atoms with Crippen molar-refractivity contribution in [3.8, 4) is 17.2 Å². The SMILES string of the molecule is CCOc1ccccc1C(=O)N(C)CC1COc2ccccc2O1. The van der Waals surface area contributed by atoms with Crippen LogP contribution in [0.25, 0.3) is 0 Å². The van der Waals surface area contributed by atoms with Crippen molar-refractivity contribution in [2.75, 3.05) is 26.8 Å². The lowest BCUT2D eigenvalue weighted by Gasteiger charge is -2.29. The summed E-state index contributed by atoms with van der Waals surface area (Å²) in [6.45, 7) is 3.27. The molecule has 0 aromatic heterocycles. The maximum Gasteiger partial charge on any atom is 0.257 e. The van der Waals surface area contributed by atoms with Crippen molar-refractivity contribution in [1.29, 1.82) is 0 Å². The Morgan fingerprint density at radius 1 is 1.17 bits per heavy atom. The Morgan fingerprint density at radius 2 is 1.88 bits per heavy atom. The van der Waals surface area contributed by atoms with Crippen LogP contribution in [0.4, 0.5) is 0 Å². The predicted octanol–water partition coefficient (Wildman–Crippen LogP) is 3.00. The van der Waals surface area contributed by atoms with E-state index in [-0.39, 0.29) is 12.0 Å². The quantitative estimate of drug-likeness (QED) is 0.847. The molecule has 2 aromatic carbocycles. The summed E-state index contributed by atoms with van der Waals surface area (Å²) in [5, 5.41) is 0. The molecule has 1 aliphatic heterocycles. The van der Waals surface area contributed by atoms with Gasteiger partial charge in [0.05, 0.1) is 18.7 Å². The molecule has 0 radical (unpaired) electrons. The van der Waals surface area contributed by atoms with Crippen LogP contribution in [0.2, 0.25) is 0 Å². The first-order valence-corrected chi connectivity index (χ1v) is 8.04. The number of fused-ring (bicyclic) bond motifs is 1. The molecule has 1 heterocycles. The summed E-state index contributed by atoms with van der Waals surface area (Å²) >= 11 is 0. The maximum absolute atomic E-state index is 12.7. The molecule has 0 bridgehead atoms. The van der Waals surface area contributed by atoms with E-state index in [1.54, 1.807) is 24.1 Å². The third-order valence-electron chi connectivity index (χ3n) is 3.81. The largest absolute Gasteiger partial charge is 0.493 e. The first kappa shape index (κ1) is 16.2. The summed E-state index contributed by atoms with van der Waals surface area (Å²) in [6.07, 6.45) is -0.201. The third kappa shape index (κ3) is 3.45. The molecule has 0 spiro atoms. The topological polar surface area (TPSA) is 48.0 Å². The average Bonchev–Trinajstić information content (AvgIpc) is 2.62. The Bertz CT molecular complexity index is 716. The fourth-order valence-electron chi connectivity index (χ4n) is 2.67. The van der Waals surface area contributed by atoms with Gasteiger partial charge in [0.15, 0.2) is 17.6 Å². The van der Waals surface area contributed by atoms with Crippen LogP contribution in [0.5, 0.6) is 17.2 Å². The molecule has 0 fully saturated rings. The molecular formula is C19H21NO4. The van der Waals surface area contributed by atoms with Crippen LogP contribution in [0.15, 0.2) is 48.5 Å². The molecule has 0 N–H and O–H groups in total. The highest BCUT2D eigenvalue weighted by Gasteiger charge is 2.25. The molecule has 1 atom stereocenters. The van der Waals surface area contributed by atoms with Gasteiger partial charge in [-0.05, 0) is 31.2 Å². The Morgan fingerprint density at radius 3 is 2.67 bits per heavy atom. The highest BCUT2D eigenvalue weighted by Crippen LogP contribution is 2.31. The van der Waals surface area contributed by atoms with E-state index in [2.05, 4.69) is 0 Å². The lowest BCUT2D eigenvalue weighted by atomic mass is 10.1. The van der Waals surface area contributed by atoms with E-state index in [4.69, 9.17) is 14.2 Å². The first-order chi connectivity index (χ1) is 11.7. The lowest BCUT2D eigenvalue weighted by molar-refractivity contribution is 0.0518. The van der Waals surface area contributed by atoms with Gasteiger partial charge in [0.25, 0.3) is 5.91 Å². The summed E-state index contributed by atoms with van der Waals surface area (Å²) in [7, 11) is 1.76. The Hall–Kier alpha value is -2.69. The van der Waals surface area contributed by atoms with E-state index >= 15 is 0 Å². The van der Waals surface area contributed by atoms with Crippen molar-refractivity contribution >= 4 is 5.91 Å². The average molecular weight is 327 g/mol. The molecule has 0 saturated carbocycles. The molecule has 1 amide bonds. The van der Waals surface area contributed by atoms with Gasteiger partial charge in [-0.25, -0.2) is 0 Å². The number of amides is 1. The van der Waals surface area contributed by atoms with Crippen LogP contribution in [0.3, 0.4) is 0 Å². The van der Waals surface area contributed by atoms with Crippen LogP contribution in [-0.4, -0.2) is 43.7 Å². The molecule has 0 aliphatic carbocycles. The van der Waals surface area contributed by atoms with Crippen LogP contribution in [0, 0.1) is 0 Å². The standard InChI is InChI=1S/C19H21NO4/c1-3-22-16-9-5-4-8-15(16)19(21)20(2)12-14-13-23-17-10-6-7-11-18(17)24-14/h4-11,14H,3,12-13H2,1-2H3. The number of carbonyl (C=O) groups excluding carboxylic acids is 1. The summed E-state index contributed by atoms with van der Waals surface area (Å²) in [6, 6.07) is 14.8. The monoisotopic (exact) mass is 327 g/mol. The van der Waals surface area contributed by atoms with Gasteiger partial charge >= 0.3 is 0 Å². The fourth-order valence-corrected chi connectivity index (χ4v) is 2.67. The number of hydrogen-bond acceptors (Lipinski definition) is 4. The van der Waals surface area contributed by atoms with Crippen molar-refractivity contribution < 1.29 is 19.0 Å². The number of benzene rings is 2. The van der Waals surface area contributed by atoms with Gasteiger partial charge in [-0.15, -0.1) is 0 Å². The van der Waals surface area contributed by atoms with Gasteiger partial charge in [0, 0.05) is 7.05 Å². The van der Waals surface area contributed by atoms with Crippen molar-refractivity contribution in [1.82, 2.24) is 4.90 Å². The molecule has 1 aliphatic rings. The van der Waals surface area contributed by atoms with E-state index in [1.165, 1.54) is 0 Å². The van der Waals surface area contributed by atoms with Gasteiger partial charge in [0.2, 0.25) is 0 Å². The molecule has 24 heavy (non-hydrogen) atoms. The second-order valence-corrected chi connectivity index (χ2v) is 5.61. The second-order valence-electron chi connectivity index (χ2n) is 5.61. The van der Waals surface area contributed by atoms with Gasteiger partial charge in [-0.1, -0.05) is 24.3 Å². The Labute approximate surface area is 141 Å². The lowest BCUT2D eigenvalue weighted by Crippen LogP contribution is -2.41. The van der Waals surface area contributed by atoms with Gasteiger partial charge in [0.1, 0.15) is 12.4 Å². The van der Waals surface area contributed by atoms with Crippen LogP contribution in [-0.2, 0) is 0 Å². The number of para-hydroxylation sites is 3. The number of ether oxygens (including phenoxy) is 3. The summed E-state index contributed by atoms with van der Waals surface area (Å²) < 4.78 is 17.2. The highest BCUT2D eigenvalue weighted by molar-refractivity contribution is 5.96. The van der Waals surface area contributed by atoms with Gasteiger partial charge in [-0.3, -0.25) is 4.79 Å². The minimum Gasteiger partial charge on any atom is -0.493 e. The molecule has 5 heteroatoms. The third-order valence-corrected chi connectivity index (χ3v) is 3.81. The minimum atomic E-state index is -0.201. The van der Waals surface area contributed by atoms with E-state index in [9.17, 15) is 4.79 Å². The van der Waals surface area contributed by atoms with Gasteiger partial charge in [-0.2, -0.15) is 0 Å². The van der Waals surface area contributed by atoms with Crippen LogP contribution >= 0.6 is 0 Å². The number of likely N-dealkylation sites (N-methyl/N-ethyl adjacent to an activating group) is 1.